The van der Waals surface area contributed by atoms with Gasteiger partial charge in [0.25, 0.3) is 5.91 Å². The second-order valence-electron chi connectivity index (χ2n) is 3.96. The maximum Gasteiger partial charge on any atom is 0.257 e. The molecule has 0 aromatic heterocycles. The molecule has 17 heavy (non-hydrogen) atoms. The minimum Gasteiger partial charge on any atom is -0.484 e. The molecule has 0 aliphatic rings. The van der Waals surface area contributed by atoms with E-state index in [9.17, 15) is 4.79 Å². The van der Waals surface area contributed by atoms with E-state index in [1.807, 2.05) is 32.0 Å². The maximum absolute atomic E-state index is 11.4. The predicted molar refractivity (Wildman–Crippen MR) is 69.2 cm³/mol. The topological polar surface area (TPSA) is 38.3 Å². The Morgan fingerprint density at radius 2 is 2.18 bits per heavy atom. The average Bonchev–Trinajstić information content (AvgIpc) is 2.31. The van der Waals surface area contributed by atoms with Crippen LogP contribution in [0.15, 0.2) is 30.9 Å². The number of aryl methyl sites for hydroxylation is 2. The van der Waals surface area contributed by atoms with Crippen molar-refractivity contribution in [3.05, 3.63) is 42.0 Å². The third-order valence-corrected chi connectivity index (χ3v) is 2.52. The van der Waals surface area contributed by atoms with E-state index in [4.69, 9.17) is 4.74 Å². The van der Waals surface area contributed by atoms with E-state index in [1.165, 1.54) is 5.56 Å². The molecule has 0 saturated heterocycles. The molecule has 3 heteroatoms. The summed E-state index contributed by atoms with van der Waals surface area (Å²) in [6, 6.07) is 5.80. The first kappa shape index (κ1) is 13.3. The van der Waals surface area contributed by atoms with Gasteiger partial charge in [-0.25, -0.2) is 0 Å². The molecule has 0 bridgehead atoms. The third kappa shape index (κ3) is 4.72. The molecule has 1 rings (SSSR count). The van der Waals surface area contributed by atoms with Gasteiger partial charge >= 0.3 is 0 Å². The summed E-state index contributed by atoms with van der Waals surface area (Å²) in [7, 11) is 0. The monoisotopic (exact) mass is 233 g/mol. The predicted octanol–water partition coefficient (Wildman–Crippen LogP) is 2.37. The van der Waals surface area contributed by atoms with E-state index in [2.05, 4.69) is 11.9 Å². The Kier molecular flexibility index (Phi) is 5.27. The van der Waals surface area contributed by atoms with Gasteiger partial charge < -0.3 is 10.1 Å². The van der Waals surface area contributed by atoms with Crippen molar-refractivity contribution in [1.29, 1.82) is 0 Å². The molecule has 1 aromatic rings. The highest BCUT2D eigenvalue weighted by molar-refractivity contribution is 5.77. The lowest BCUT2D eigenvalue weighted by atomic mass is 10.1. The summed E-state index contributed by atoms with van der Waals surface area (Å²) in [5.41, 5.74) is 2.38. The van der Waals surface area contributed by atoms with Gasteiger partial charge in [-0.3, -0.25) is 4.79 Å². The molecule has 1 aromatic carbocycles. The molecule has 0 fully saturated rings. The van der Waals surface area contributed by atoms with Crippen LogP contribution >= 0.6 is 0 Å². The van der Waals surface area contributed by atoms with Gasteiger partial charge in [-0.05, 0) is 43.5 Å². The highest BCUT2D eigenvalue weighted by atomic mass is 16.5. The van der Waals surface area contributed by atoms with Crippen molar-refractivity contribution in [3.8, 4) is 5.75 Å². The van der Waals surface area contributed by atoms with E-state index < -0.39 is 0 Å². The Labute approximate surface area is 102 Å². The fraction of sp³-hybridized carbons (Fsp3) is 0.357. The zero-order valence-electron chi connectivity index (χ0n) is 10.5. The Hall–Kier alpha value is -1.77. The van der Waals surface area contributed by atoms with Crippen LogP contribution in [-0.2, 0) is 4.79 Å². The number of amides is 1. The van der Waals surface area contributed by atoms with Crippen LogP contribution in [0.25, 0.3) is 0 Å². The van der Waals surface area contributed by atoms with Gasteiger partial charge in [0.15, 0.2) is 6.61 Å². The number of carbonyl (C=O) groups excluding carboxylic acids is 1. The maximum atomic E-state index is 11.4. The van der Waals surface area contributed by atoms with Gasteiger partial charge in [-0.1, -0.05) is 12.1 Å². The fourth-order valence-electron chi connectivity index (χ4n) is 1.32. The third-order valence-electron chi connectivity index (χ3n) is 2.52. The molecule has 0 aliphatic carbocycles. The summed E-state index contributed by atoms with van der Waals surface area (Å²) in [6.07, 6.45) is 2.54. The number of ether oxygens (including phenoxy) is 1. The molecule has 0 unspecified atom stereocenters. The van der Waals surface area contributed by atoms with Crippen LogP contribution in [0.3, 0.4) is 0 Å². The van der Waals surface area contributed by atoms with Crippen molar-refractivity contribution in [1.82, 2.24) is 5.32 Å². The van der Waals surface area contributed by atoms with Crippen molar-refractivity contribution < 1.29 is 9.53 Å². The summed E-state index contributed by atoms with van der Waals surface area (Å²) in [4.78, 5) is 11.4. The first-order valence-electron chi connectivity index (χ1n) is 5.71. The van der Waals surface area contributed by atoms with E-state index in [-0.39, 0.29) is 12.5 Å². The molecule has 0 atom stereocenters. The van der Waals surface area contributed by atoms with Crippen LogP contribution in [0, 0.1) is 13.8 Å². The van der Waals surface area contributed by atoms with Gasteiger partial charge in [0, 0.05) is 6.54 Å². The van der Waals surface area contributed by atoms with Crippen molar-refractivity contribution in [3.63, 3.8) is 0 Å². The van der Waals surface area contributed by atoms with E-state index >= 15 is 0 Å². The molecule has 0 heterocycles. The van der Waals surface area contributed by atoms with Crippen molar-refractivity contribution in [2.24, 2.45) is 0 Å². The SMILES string of the molecule is C=CCCNC(=O)COc1ccc(C)c(C)c1. The summed E-state index contributed by atoms with van der Waals surface area (Å²) < 4.78 is 5.40. The number of rotatable bonds is 6. The van der Waals surface area contributed by atoms with Crippen LogP contribution in [0.4, 0.5) is 0 Å². The number of benzene rings is 1. The number of hydrogen-bond acceptors (Lipinski definition) is 2. The highest BCUT2D eigenvalue weighted by Crippen LogP contribution is 2.16. The number of hydrogen-bond donors (Lipinski definition) is 1. The molecule has 0 saturated carbocycles. The molecule has 1 amide bonds. The molecule has 3 nitrogen and oxygen atoms in total. The van der Waals surface area contributed by atoms with Crippen LogP contribution in [0.2, 0.25) is 0 Å². The zero-order valence-corrected chi connectivity index (χ0v) is 10.5. The quantitative estimate of drug-likeness (QED) is 0.605. The molecule has 0 spiro atoms. The Bertz CT molecular complexity index is 399. The van der Waals surface area contributed by atoms with Gasteiger partial charge in [0.2, 0.25) is 0 Å². The van der Waals surface area contributed by atoms with Crippen molar-refractivity contribution in [2.75, 3.05) is 13.2 Å². The lowest BCUT2D eigenvalue weighted by Gasteiger charge is -2.08. The largest absolute Gasteiger partial charge is 0.484 e. The van der Waals surface area contributed by atoms with Crippen LogP contribution < -0.4 is 10.1 Å². The highest BCUT2D eigenvalue weighted by Gasteiger charge is 2.02. The summed E-state index contributed by atoms with van der Waals surface area (Å²) >= 11 is 0. The van der Waals surface area contributed by atoms with E-state index in [0.29, 0.717) is 6.54 Å². The van der Waals surface area contributed by atoms with Gasteiger partial charge in [-0.15, -0.1) is 6.58 Å². The van der Waals surface area contributed by atoms with Crippen LogP contribution in [0.1, 0.15) is 17.5 Å². The van der Waals surface area contributed by atoms with Crippen LogP contribution in [0.5, 0.6) is 5.75 Å². The van der Waals surface area contributed by atoms with Crippen molar-refractivity contribution in [2.45, 2.75) is 20.3 Å². The first-order chi connectivity index (χ1) is 8.13. The molecule has 1 N–H and O–H groups in total. The molecule has 0 radical (unpaired) electrons. The summed E-state index contributed by atoms with van der Waals surface area (Å²) in [6.45, 7) is 8.31. The minimum absolute atomic E-state index is 0.0552. The first-order valence-corrected chi connectivity index (χ1v) is 5.71. The Morgan fingerprint density at radius 1 is 1.41 bits per heavy atom. The summed E-state index contributed by atoms with van der Waals surface area (Å²) in [5.74, 6) is 0.622. The standard InChI is InChI=1S/C14H19NO2/c1-4-5-8-15-14(16)10-17-13-7-6-11(2)12(3)9-13/h4,6-7,9H,1,5,8,10H2,2-3H3,(H,15,16). The molecular weight excluding hydrogens is 214 g/mol. The Balaban J connectivity index is 2.36. The minimum atomic E-state index is -0.106. The molecule has 0 aliphatic heterocycles. The lowest BCUT2D eigenvalue weighted by molar-refractivity contribution is -0.123. The second-order valence-corrected chi connectivity index (χ2v) is 3.96. The number of nitrogens with one attached hydrogen (secondary N) is 1. The average molecular weight is 233 g/mol. The van der Waals surface area contributed by atoms with Gasteiger partial charge in [-0.2, -0.15) is 0 Å². The fourth-order valence-corrected chi connectivity index (χ4v) is 1.32. The molecule has 92 valence electrons. The normalized spacial score (nSPS) is 9.76. The van der Waals surface area contributed by atoms with Crippen molar-refractivity contribution >= 4 is 5.91 Å². The Morgan fingerprint density at radius 3 is 2.82 bits per heavy atom. The molecular formula is C14H19NO2. The smallest absolute Gasteiger partial charge is 0.257 e. The second kappa shape index (κ2) is 6.74. The van der Waals surface area contributed by atoms with E-state index in [1.54, 1.807) is 6.08 Å². The van der Waals surface area contributed by atoms with E-state index in [0.717, 1.165) is 17.7 Å². The summed E-state index contributed by atoms with van der Waals surface area (Å²) in [5, 5.41) is 2.74. The van der Waals surface area contributed by atoms with Gasteiger partial charge in [0.1, 0.15) is 5.75 Å². The number of carbonyl (C=O) groups is 1. The van der Waals surface area contributed by atoms with Gasteiger partial charge in [0.05, 0.1) is 0 Å². The zero-order chi connectivity index (χ0) is 12.7. The lowest BCUT2D eigenvalue weighted by Crippen LogP contribution is -2.29. The van der Waals surface area contributed by atoms with Crippen LogP contribution in [-0.4, -0.2) is 19.1 Å².